The molecule has 0 unspecified atom stereocenters. The summed E-state index contributed by atoms with van der Waals surface area (Å²) in [6.45, 7) is 1.49. The summed E-state index contributed by atoms with van der Waals surface area (Å²) in [5.41, 5.74) is 7.14. The molecule has 0 aliphatic carbocycles. The summed E-state index contributed by atoms with van der Waals surface area (Å²) in [6.07, 6.45) is 8.35. The maximum Gasteiger partial charge on any atom is 0.255 e. The molecule has 0 bridgehead atoms. The number of fused-ring (bicyclic) bond motifs is 2. The fraction of sp³-hybridized carbons (Fsp3) is 0.118. The standard InChI is InChI=1S/C34H29FN10O/c1-45(2)9-8-38-24-11-21(10-23(35)13-24)27-17-37-18-30-31(27)42-33(41-30)32-26-14-28(39-19-29(26)43-44-32)22-12-25(16-36-15-22)40-34(46)20-6-4-3-5-7-20/h3-7,10-19,38H,8-9H2,1-2H3,(H,40,46)(H,41,42)(H,43,44). The number of halogens is 1. The predicted molar refractivity (Wildman–Crippen MR) is 177 cm³/mol. The van der Waals surface area contributed by atoms with E-state index >= 15 is 0 Å². The Morgan fingerprint density at radius 2 is 1.72 bits per heavy atom. The number of amides is 1. The molecule has 4 N–H and O–H groups in total. The molecule has 0 aliphatic heterocycles. The number of likely N-dealkylation sites (N-methyl/N-ethyl adjacent to an activating group) is 1. The Morgan fingerprint density at radius 3 is 2.57 bits per heavy atom. The topological polar surface area (TPSA) is 140 Å². The van der Waals surface area contributed by atoms with Crippen molar-refractivity contribution in [2.75, 3.05) is 37.8 Å². The Morgan fingerprint density at radius 1 is 0.891 bits per heavy atom. The first-order valence-electron chi connectivity index (χ1n) is 14.6. The van der Waals surface area contributed by atoms with Gasteiger partial charge in [-0.05, 0) is 62.1 Å². The van der Waals surface area contributed by atoms with E-state index in [-0.39, 0.29) is 11.7 Å². The molecule has 1 amide bonds. The molecule has 0 atom stereocenters. The van der Waals surface area contributed by atoms with Gasteiger partial charge in [0.2, 0.25) is 0 Å². The van der Waals surface area contributed by atoms with Crippen LogP contribution in [-0.2, 0) is 0 Å². The second kappa shape index (κ2) is 12.2. The van der Waals surface area contributed by atoms with Crippen LogP contribution in [0.15, 0.2) is 91.6 Å². The molecule has 0 spiro atoms. The van der Waals surface area contributed by atoms with E-state index in [9.17, 15) is 9.18 Å². The first kappa shape index (κ1) is 28.7. The molecule has 0 radical (unpaired) electrons. The molecule has 46 heavy (non-hydrogen) atoms. The number of aromatic nitrogens is 7. The van der Waals surface area contributed by atoms with Crippen molar-refractivity contribution in [1.82, 2.24) is 40.0 Å². The van der Waals surface area contributed by atoms with Crippen molar-refractivity contribution in [3.63, 3.8) is 0 Å². The number of rotatable bonds is 9. The van der Waals surface area contributed by atoms with Crippen LogP contribution in [0.1, 0.15) is 10.4 Å². The average molecular weight is 613 g/mol. The Labute approximate surface area is 263 Å². The van der Waals surface area contributed by atoms with Crippen molar-refractivity contribution in [2.45, 2.75) is 0 Å². The molecule has 7 aromatic rings. The number of nitrogens with one attached hydrogen (secondary N) is 4. The highest BCUT2D eigenvalue weighted by Crippen LogP contribution is 2.33. The van der Waals surface area contributed by atoms with Crippen LogP contribution < -0.4 is 10.6 Å². The molecule has 2 aromatic carbocycles. The van der Waals surface area contributed by atoms with E-state index < -0.39 is 0 Å². The van der Waals surface area contributed by atoms with Crippen LogP contribution in [0.25, 0.3) is 55.8 Å². The number of H-pyrrole nitrogens is 2. The van der Waals surface area contributed by atoms with Gasteiger partial charge < -0.3 is 20.5 Å². The number of carbonyl (C=O) groups excluding carboxylic acids is 1. The molecule has 12 heteroatoms. The van der Waals surface area contributed by atoms with Crippen molar-refractivity contribution in [1.29, 1.82) is 0 Å². The zero-order chi connectivity index (χ0) is 31.6. The fourth-order valence-electron chi connectivity index (χ4n) is 5.22. The lowest BCUT2D eigenvalue weighted by Gasteiger charge is -2.12. The third kappa shape index (κ3) is 5.88. The summed E-state index contributed by atoms with van der Waals surface area (Å²) >= 11 is 0. The lowest BCUT2D eigenvalue weighted by molar-refractivity contribution is 0.102. The quantitative estimate of drug-likeness (QED) is 0.156. The highest BCUT2D eigenvalue weighted by Gasteiger charge is 2.18. The molecule has 7 rings (SSSR count). The summed E-state index contributed by atoms with van der Waals surface area (Å²) in [5.74, 6) is -0.0570. The molecular formula is C34H29FN10O. The smallest absolute Gasteiger partial charge is 0.255 e. The first-order chi connectivity index (χ1) is 22.4. The van der Waals surface area contributed by atoms with E-state index in [1.807, 2.05) is 50.5 Å². The summed E-state index contributed by atoms with van der Waals surface area (Å²) < 4.78 is 14.7. The van der Waals surface area contributed by atoms with Gasteiger partial charge in [0.1, 0.15) is 11.5 Å². The SMILES string of the molecule is CN(C)CCNc1cc(F)cc(-c2cncc3[nH]c(-c4n[nH]c5cnc(-c6cncc(NC(=O)c7ccccc7)c6)cc45)nc23)c1. The zero-order valence-corrected chi connectivity index (χ0v) is 25.0. The number of carbonyl (C=O) groups is 1. The fourth-order valence-corrected chi connectivity index (χ4v) is 5.22. The number of hydrogen-bond acceptors (Lipinski definition) is 8. The van der Waals surface area contributed by atoms with Gasteiger partial charge in [-0.1, -0.05) is 18.2 Å². The minimum absolute atomic E-state index is 0.228. The molecule has 5 aromatic heterocycles. The van der Waals surface area contributed by atoms with Crippen molar-refractivity contribution < 1.29 is 9.18 Å². The van der Waals surface area contributed by atoms with Crippen LogP contribution in [0.4, 0.5) is 15.8 Å². The average Bonchev–Trinajstić information content (AvgIpc) is 3.69. The van der Waals surface area contributed by atoms with Gasteiger partial charge in [0.25, 0.3) is 5.91 Å². The van der Waals surface area contributed by atoms with Gasteiger partial charge in [0, 0.05) is 53.2 Å². The van der Waals surface area contributed by atoms with E-state index in [1.54, 1.807) is 43.1 Å². The molecule has 11 nitrogen and oxygen atoms in total. The van der Waals surface area contributed by atoms with Crippen molar-refractivity contribution in [3.05, 3.63) is 103 Å². The van der Waals surface area contributed by atoms with Crippen LogP contribution in [0.2, 0.25) is 0 Å². The van der Waals surface area contributed by atoms with E-state index in [0.29, 0.717) is 62.9 Å². The van der Waals surface area contributed by atoms with Crippen molar-refractivity contribution >= 4 is 39.2 Å². The summed E-state index contributed by atoms with van der Waals surface area (Å²) in [6, 6.07) is 17.6. The second-order valence-corrected chi connectivity index (χ2v) is 11.1. The third-order valence-electron chi connectivity index (χ3n) is 7.49. The summed E-state index contributed by atoms with van der Waals surface area (Å²) in [4.78, 5) is 36.3. The second-order valence-electron chi connectivity index (χ2n) is 11.1. The van der Waals surface area contributed by atoms with Crippen LogP contribution in [0.3, 0.4) is 0 Å². The number of imidazole rings is 1. The molecule has 0 saturated heterocycles. The first-order valence-corrected chi connectivity index (χ1v) is 14.6. The molecule has 0 saturated carbocycles. The van der Waals surface area contributed by atoms with E-state index in [4.69, 9.17) is 4.98 Å². The van der Waals surface area contributed by atoms with Crippen LogP contribution in [0, 0.1) is 5.82 Å². The van der Waals surface area contributed by atoms with Gasteiger partial charge >= 0.3 is 0 Å². The van der Waals surface area contributed by atoms with Crippen molar-refractivity contribution in [2.24, 2.45) is 0 Å². The highest BCUT2D eigenvalue weighted by atomic mass is 19.1. The van der Waals surface area contributed by atoms with Gasteiger partial charge in [0.05, 0.1) is 46.5 Å². The Hall–Kier alpha value is -6.01. The van der Waals surface area contributed by atoms with E-state index in [1.165, 1.54) is 12.1 Å². The summed E-state index contributed by atoms with van der Waals surface area (Å²) in [7, 11) is 3.98. The number of pyridine rings is 3. The van der Waals surface area contributed by atoms with E-state index in [0.717, 1.165) is 23.0 Å². The van der Waals surface area contributed by atoms with Gasteiger partial charge in [-0.2, -0.15) is 5.10 Å². The number of aromatic amines is 2. The largest absolute Gasteiger partial charge is 0.384 e. The number of anilines is 2. The van der Waals surface area contributed by atoms with Gasteiger partial charge in [0.15, 0.2) is 5.82 Å². The zero-order valence-electron chi connectivity index (χ0n) is 25.0. The predicted octanol–water partition coefficient (Wildman–Crippen LogP) is 5.99. The minimum atomic E-state index is -0.353. The number of nitrogens with zero attached hydrogens (tertiary/aromatic N) is 6. The number of benzene rings is 2. The molecule has 5 heterocycles. The molecular weight excluding hydrogens is 583 g/mol. The van der Waals surface area contributed by atoms with E-state index in [2.05, 4.69) is 45.7 Å². The third-order valence-corrected chi connectivity index (χ3v) is 7.49. The summed E-state index contributed by atoms with van der Waals surface area (Å²) in [5, 5.41) is 14.5. The minimum Gasteiger partial charge on any atom is -0.384 e. The van der Waals surface area contributed by atoms with Gasteiger partial charge in [-0.25, -0.2) is 9.37 Å². The Kier molecular flexibility index (Phi) is 7.61. The lowest BCUT2D eigenvalue weighted by atomic mass is 10.1. The molecule has 0 aliphatic rings. The lowest BCUT2D eigenvalue weighted by Crippen LogP contribution is -2.20. The van der Waals surface area contributed by atoms with Crippen LogP contribution in [-0.4, -0.2) is 73.1 Å². The number of hydrogen-bond donors (Lipinski definition) is 4. The Balaban J connectivity index is 1.21. The highest BCUT2D eigenvalue weighted by molar-refractivity contribution is 6.04. The normalized spacial score (nSPS) is 11.4. The van der Waals surface area contributed by atoms with Crippen LogP contribution in [0.5, 0.6) is 0 Å². The Bertz CT molecular complexity index is 2190. The van der Waals surface area contributed by atoms with Crippen molar-refractivity contribution in [3.8, 4) is 33.9 Å². The maximum atomic E-state index is 14.7. The maximum absolute atomic E-state index is 14.7. The monoisotopic (exact) mass is 612 g/mol. The van der Waals surface area contributed by atoms with Gasteiger partial charge in [-0.15, -0.1) is 0 Å². The molecule has 0 fully saturated rings. The van der Waals surface area contributed by atoms with Gasteiger partial charge in [-0.3, -0.25) is 24.8 Å². The molecule has 228 valence electrons. The van der Waals surface area contributed by atoms with Crippen LogP contribution >= 0.6 is 0 Å².